The zero-order valence-electron chi connectivity index (χ0n) is 22.4. The van der Waals surface area contributed by atoms with Crippen molar-refractivity contribution >= 4 is 27.9 Å². The van der Waals surface area contributed by atoms with Crippen LogP contribution in [0.15, 0.2) is 30.0 Å². The fourth-order valence-electron chi connectivity index (χ4n) is 5.81. The van der Waals surface area contributed by atoms with E-state index in [1.807, 2.05) is 12.3 Å². The van der Waals surface area contributed by atoms with Gasteiger partial charge in [0.25, 0.3) is 0 Å². The number of aromatic nitrogens is 2. The predicted octanol–water partition coefficient (Wildman–Crippen LogP) is 6.16. The number of nitrogen functional groups attached to an aromatic ring is 1. The lowest BCUT2D eigenvalue weighted by Crippen LogP contribution is -2.32. The average Bonchev–Trinajstić information content (AvgIpc) is 3.70. The lowest BCUT2D eigenvalue weighted by atomic mass is 9.84. The van der Waals surface area contributed by atoms with E-state index in [0.29, 0.717) is 10.6 Å². The Hall–Kier alpha value is -2.69. The molecule has 1 saturated heterocycles. The topological polar surface area (TPSA) is 82.1 Å². The molecule has 1 saturated carbocycles. The number of aryl methyl sites for hydroxylation is 1. The molecule has 3 aliphatic rings. The molecule has 1 aliphatic heterocycles. The summed E-state index contributed by atoms with van der Waals surface area (Å²) in [5, 5.41) is 10.4. The number of hydrogen-bond donors (Lipinski definition) is 1. The minimum Gasteiger partial charge on any atom is -0.389 e. The number of hydrogen-bond acceptors (Lipinski definition) is 7. The Labute approximate surface area is 225 Å². The Morgan fingerprint density at radius 1 is 1.22 bits per heavy atom. The van der Waals surface area contributed by atoms with Crippen molar-refractivity contribution in [1.29, 1.82) is 5.26 Å². The second kappa shape index (κ2) is 11.8. The largest absolute Gasteiger partial charge is 0.389 e. The van der Waals surface area contributed by atoms with E-state index in [1.165, 1.54) is 53.9 Å². The third-order valence-electron chi connectivity index (χ3n) is 8.09. The molecule has 6 nitrogen and oxygen atoms in total. The third kappa shape index (κ3) is 6.08. The smallest absolute Gasteiger partial charge is 0.225 e. The zero-order valence-corrected chi connectivity index (χ0v) is 23.2. The lowest BCUT2D eigenvalue weighted by molar-refractivity contribution is 0.281. The molecule has 2 fully saturated rings. The molecule has 2 N–H and O–H groups in total. The van der Waals surface area contributed by atoms with Crippen LogP contribution >= 0.6 is 11.3 Å². The van der Waals surface area contributed by atoms with E-state index < -0.39 is 0 Å². The molecule has 3 heterocycles. The zero-order chi connectivity index (χ0) is 25.8. The summed E-state index contributed by atoms with van der Waals surface area (Å²) >= 11 is 1.60. The van der Waals surface area contributed by atoms with E-state index in [9.17, 15) is 5.26 Å². The molecule has 5 rings (SSSR count). The molecule has 0 aromatic carbocycles. The van der Waals surface area contributed by atoms with E-state index in [4.69, 9.17) is 10.7 Å². The highest BCUT2D eigenvalue weighted by atomic mass is 32.1. The summed E-state index contributed by atoms with van der Waals surface area (Å²) in [5.74, 6) is 2.05. The second-order valence-corrected chi connectivity index (χ2v) is 12.0. The van der Waals surface area contributed by atoms with Gasteiger partial charge in [-0.3, -0.25) is 0 Å². The monoisotopic (exact) mass is 516 g/mol. The lowest BCUT2D eigenvalue weighted by Gasteiger charge is -2.22. The van der Waals surface area contributed by atoms with Gasteiger partial charge in [0, 0.05) is 43.2 Å². The Morgan fingerprint density at radius 2 is 2.08 bits per heavy atom. The number of thiophene rings is 1. The summed E-state index contributed by atoms with van der Waals surface area (Å²) in [5.41, 5.74) is 11.6. The molecule has 0 radical (unpaired) electrons. The molecule has 2 aromatic heterocycles. The Morgan fingerprint density at radius 3 is 2.86 bits per heavy atom. The standard InChI is InChI=1S/C30H40N6S/c1-3-6-23(11-12-24-7-4-8-27-28(24)25(19-31)29(32)37-27)21(2)26-13-14-33-30(34-26)36-16-5-15-35(17-18-36)20-22-9-10-22/h11-14,22,24H,3-10,15-18,20,32H2,1-2H3/b12-11-,23-21+. The highest BCUT2D eigenvalue weighted by Gasteiger charge is 2.27. The summed E-state index contributed by atoms with van der Waals surface area (Å²) < 4.78 is 0. The number of nitrogens with two attached hydrogens (primary N) is 1. The van der Waals surface area contributed by atoms with Gasteiger partial charge in [0.05, 0.1) is 11.3 Å². The Kier molecular flexibility index (Phi) is 8.26. The van der Waals surface area contributed by atoms with Crippen LogP contribution in [0.2, 0.25) is 0 Å². The van der Waals surface area contributed by atoms with Crippen molar-refractivity contribution in [2.75, 3.05) is 43.4 Å². The molecule has 0 amide bonds. The molecule has 37 heavy (non-hydrogen) atoms. The first kappa shape index (κ1) is 25.9. The van der Waals surface area contributed by atoms with Gasteiger partial charge in [-0.1, -0.05) is 25.5 Å². The molecular weight excluding hydrogens is 476 g/mol. The van der Waals surface area contributed by atoms with Gasteiger partial charge in [0.1, 0.15) is 11.1 Å². The minimum atomic E-state index is 0.253. The number of rotatable bonds is 8. The van der Waals surface area contributed by atoms with Crippen LogP contribution in [0.4, 0.5) is 10.9 Å². The van der Waals surface area contributed by atoms with Crippen LogP contribution in [0.5, 0.6) is 0 Å². The molecule has 196 valence electrons. The van der Waals surface area contributed by atoms with Crippen molar-refractivity contribution in [1.82, 2.24) is 14.9 Å². The highest BCUT2D eigenvalue weighted by Crippen LogP contribution is 2.43. The van der Waals surface area contributed by atoms with Gasteiger partial charge < -0.3 is 15.5 Å². The van der Waals surface area contributed by atoms with Crippen molar-refractivity contribution in [2.24, 2.45) is 5.92 Å². The van der Waals surface area contributed by atoms with Crippen molar-refractivity contribution in [2.45, 2.75) is 71.1 Å². The van der Waals surface area contributed by atoms with Crippen LogP contribution in [0.1, 0.15) is 86.4 Å². The molecule has 1 unspecified atom stereocenters. The van der Waals surface area contributed by atoms with E-state index in [2.05, 4.69) is 46.9 Å². The molecule has 2 aliphatic carbocycles. The minimum absolute atomic E-state index is 0.253. The van der Waals surface area contributed by atoms with E-state index >= 15 is 0 Å². The Balaban J connectivity index is 1.35. The SMILES string of the molecule is CCCC(/C=C\C1CCCc2sc(N)c(C#N)c21)=C(/C)c1ccnc(N2CCCN(CC3CC3)CC2)n1. The quantitative estimate of drug-likeness (QED) is 0.423. The number of allylic oxidation sites excluding steroid dienone is 4. The molecule has 0 spiro atoms. The Bertz CT molecular complexity index is 1200. The van der Waals surface area contributed by atoms with Gasteiger partial charge in [-0.25, -0.2) is 9.97 Å². The van der Waals surface area contributed by atoms with Crippen molar-refractivity contribution in [3.63, 3.8) is 0 Å². The van der Waals surface area contributed by atoms with E-state index in [-0.39, 0.29) is 5.92 Å². The summed E-state index contributed by atoms with van der Waals surface area (Å²) in [4.78, 5) is 16.0. The van der Waals surface area contributed by atoms with Crippen LogP contribution in [0, 0.1) is 17.2 Å². The maximum Gasteiger partial charge on any atom is 0.225 e. The van der Waals surface area contributed by atoms with Crippen LogP contribution in [0.25, 0.3) is 5.57 Å². The number of nitrogens with zero attached hydrogens (tertiary/aromatic N) is 5. The average molecular weight is 517 g/mol. The summed E-state index contributed by atoms with van der Waals surface area (Å²) in [6, 6.07) is 4.41. The first-order chi connectivity index (χ1) is 18.1. The van der Waals surface area contributed by atoms with E-state index in [1.54, 1.807) is 11.3 Å². The third-order valence-corrected chi connectivity index (χ3v) is 9.19. The van der Waals surface area contributed by atoms with Crippen LogP contribution in [0.3, 0.4) is 0 Å². The normalized spacial score (nSPS) is 21.4. The van der Waals surface area contributed by atoms with Gasteiger partial charge in [0.15, 0.2) is 0 Å². The first-order valence-corrected chi connectivity index (χ1v) is 14.9. The van der Waals surface area contributed by atoms with Crippen LogP contribution in [-0.4, -0.2) is 47.6 Å². The number of anilines is 2. The van der Waals surface area contributed by atoms with E-state index in [0.717, 1.165) is 69.3 Å². The maximum absolute atomic E-state index is 9.71. The molecular formula is C30H40N6S. The summed E-state index contributed by atoms with van der Waals surface area (Å²) in [7, 11) is 0. The molecule has 1 atom stereocenters. The van der Waals surface area contributed by atoms with Gasteiger partial charge in [-0.15, -0.1) is 11.3 Å². The van der Waals surface area contributed by atoms with Gasteiger partial charge in [0.2, 0.25) is 5.95 Å². The second-order valence-electron chi connectivity index (χ2n) is 10.9. The predicted molar refractivity (Wildman–Crippen MR) is 154 cm³/mol. The van der Waals surface area contributed by atoms with Gasteiger partial charge in [-0.2, -0.15) is 5.26 Å². The van der Waals surface area contributed by atoms with Crippen LogP contribution in [-0.2, 0) is 6.42 Å². The fraction of sp³-hybridized carbons (Fsp3) is 0.567. The first-order valence-electron chi connectivity index (χ1n) is 14.1. The number of fused-ring (bicyclic) bond motifs is 1. The van der Waals surface area contributed by atoms with Crippen molar-refractivity contribution in [3.8, 4) is 6.07 Å². The summed E-state index contributed by atoms with van der Waals surface area (Å²) in [6.45, 7) is 9.98. The van der Waals surface area contributed by atoms with Crippen molar-refractivity contribution in [3.05, 3.63) is 51.7 Å². The van der Waals surface area contributed by atoms with Crippen LogP contribution < -0.4 is 10.6 Å². The van der Waals surface area contributed by atoms with Gasteiger partial charge in [-0.05, 0) is 87.1 Å². The molecule has 7 heteroatoms. The molecule has 0 bridgehead atoms. The summed E-state index contributed by atoms with van der Waals surface area (Å²) in [6.07, 6.45) is 15.8. The van der Waals surface area contributed by atoms with Gasteiger partial charge >= 0.3 is 0 Å². The highest BCUT2D eigenvalue weighted by molar-refractivity contribution is 7.16. The van der Waals surface area contributed by atoms with Crippen molar-refractivity contribution < 1.29 is 0 Å². The maximum atomic E-state index is 9.71. The molecule has 2 aromatic rings. The fourth-order valence-corrected chi connectivity index (χ4v) is 6.95. The number of nitriles is 1.